The number of nitrogens with zero attached hydrogens (tertiary/aromatic N) is 4. The third-order valence-electron chi connectivity index (χ3n) is 3.25. The van der Waals surface area contributed by atoms with Gasteiger partial charge in [0.15, 0.2) is 11.2 Å². The minimum absolute atomic E-state index is 0.0858. The van der Waals surface area contributed by atoms with E-state index in [1.807, 2.05) is 30.3 Å². The second kappa shape index (κ2) is 6.80. The molecule has 0 amide bonds. The zero-order valence-electron chi connectivity index (χ0n) is 12.3. The summed E-state index contributed by atoms with van der Waals surface area (Å²) in [6.07, 6.45) is 0.864. The van der Waals surface area contributed by atoms with E-state index in [0.717, 1.165) is 5.56 Å². The van der Waals surface area contributed by atoms with E-state index in [1.165, 1.54) is 0 Å². The van der Waals surface area contributed by atoms with Crippen LogP contribution in [-0.4, -0.2) is 36.6 Å². The molecule has 8 heteroatoms. The highest BCUT2D eigenvalue weighted by Gasteiger charge is 2.15. The lowest BCUT2D eigenvalue weighted by Gasteiger charge is -2.09. The van der Waals surface area contributed by atoms with Crippen LogP contribution in [0.2, 0.25) is 0 Å². The van der Waals surface area contributed by atoms with Crippen molar-refractivity contribution in [1.29, 1.82) is 0 Å². The van der Waals surface area contributed by atoms with Gasteiger partial charge in [0.05, 0.1) is 24.9 Å². The Hall–Kier alpha value is -2.38. The molecule has 1 aromatic carbocycles. The number of imidazole rings is 1. The Kier molecular flexibility index (Phi) is 4.59. The molecule has 0 aliphatic rings. The first-order valence-electron chi connectivity index (χ1n) is 7.06. The van der Waals surface area contributed by atoms with Crippen molar-refractivity contribution < 1.29 is 9.84 Å². The number of aromatic nitrogens is 4. The van der Waals surface area contributed by atoms with Crippen LogP contribution in [0.25, 0.3) is 11.2 Å². The van der Waals surface area contributed by atoms with Gasteiger partial charge < -0.3 is 20.1 Å². The van der Waals surface area contributed by atoms with Gasteiger partial charge in [0.25, 0.3) is 0 Å². The summed E-state index contributed by atoms with van der Waals surface area (Å²) in [5.41, 5.74) is 7.76. The Balaban J connectivity index is 1.88. The topological polar surface area (TPSA) is 99.1 Å². The van der Waals surface area contributed by atoms with Crippen molar-refractivity contribution in [3.05, 3.63) is 42.2 Å². The number of aliphatic hydroxyl groups is 1. The molecule has 2 heterocycles. The van der Waals surface area contributed by atoms with Gasteiger partial charge in [-0.15, -0.1) is 11.6 Å². The summed E-state index contributed by atoms with van der Waals surface area (Å²) in [6, 6.07) is 9.72. The molecule has 1 unspecified atom stereocenters. The lowest BCUT2D eigenvalue weighted by atomic mass is 10.2. The number of rotatable bonds is 6. The molecule has 0 saturated heterocycles. The van der Waals surface area contributed by atoms with Crippen molar-refractivity contribution in [1.82, 2.24) is 19.5 Å². The molecular weight excluding hydrogens is 318 g/mol. The van der Waals surface area contributed by atoms with Crippen molar-refractivity contribution >= 4 is 28.7 Å². The quantitative estimate of drug-likeness (QED) is 0.664. The normalized spacial score (nSPS) is 12.4. The average Bonchev–Trinajstić information content (AvgIpc) is 2.96. The van der Waals surface area contributed by atoms with Crippen LogP contribution in [0, 0.1) is 0 Å². The van der Waals surface area contributed by atoms with Crippen LogP contribution >= 0.6 is 11.6 Å². The maximum atomic E-state index is 9.69. The molecule has 7 nitrogen and oxygen atoms in total. The summed E-state index contributed by atoms with van der Waals surface area (Å²) in [5.74, 6) is 0.524. The predicted octanol–water partition coefficient (Wildman–Crippen LogP) is 1.59. The van der Waals surface area contributed by atoms with Crippen LogP contribution in [0.5, 0.6) is 5.88 Å². The Morgan fingerprint density at radius 1 is 1.26 bits per heavy atom. The number of hydrogen-bond donors (Lipinski definition) is 2. The van der Waals surface area contributed by atoms with Crippen LogP contribution in [-0.2, 0) is 13.2 Å². The molecule has 0 radical (unpaired) electrons. The summed E-state index contributed by atoms with van der Waals surface area (Å²) in [6.45, 7) is 0.623. The van der Waals surface area contributed by atoms with E-state index in [4.69, 9.17) is 22.1 Å². The second-order valence-electron chi connectivity index (χ2n) is 5.04. The lowest BCUT2D eigenvalue weighted by molar-refractivity contribution is 0.178. The van der Waals surface area contributed by atoms with Crippen LogP contribution in [0.1, 0.15) is 5.56 Å². The summed E-state index contributed by atoms with van der Waals surface area (Å²) < 4.78 is 7.41. The molecule has 23 heavy (non-hydrogen) atoms. The number of hydrogen-bond acceptors (Lipinski definition) is 6. The van der Waals surface area contributed by atoms with Crippen molar-refractivity contribution in [3.8, 4) is 5.88 Å². The fraction of sp³-hybridized carbons (Fsp3) is 0.267. The number of nitrogens with two attached hydrogens (primary N) is 1. The van der Waals surface area contributed by atoms with Crippen molar-refractivity contribution in [2.75, 3.05) is 11.6 Å². The number of fused-ring (bicyclic) bond motifs is 1. The fourth-order valence-corrected chi connectivity index (χ4v) is 2.27. The molecular formula is C15H16ClN5O2. The highest BCUT2D eigenvalue weighted by molar-refractivity contribution is 6.18. The first kappa shape index (κ1) is 15.5. The molecule has 0 saturated carbocycles. The number of halogens is 1. The summed E-state index contributed by atoms with van der Waals surface area (Å²) >= 11 is 5.63. The van der Waals surface area contributed by atoms with Crippen LogP contribution in [0.3, 0.4) is 0 Å². The van der Waals surface area contributed by atoms with Gasteiger partial charge in [-0.3, -0.25) is 0 Å². The Labute approximate surface area is 137 Å². The van der Waals surface area contributed by atoms with E-state index in [-0.39, 0.29) is 18.4 Å². The van der Waals surface area contributed by atoms with Crippen molar-refractivity contribution in [2.24, 2.45) is 0 Å². The zero-order chi connectivity index (χ0) is 16.2. The second-order valence-corrected chi connectivity index (χ2v) is 5.35. The van der Waals surface area contributed by atoms with Gasteiger partial charge in [-0.25, -0.2) is 4.98 Å². The number of ether oxygens (including phenoxy) is 1. The molecule has 0 spiro atoms. The SMILES string of the molecule is Nc1nc(OCc2ccccc2)c2ncn(CC(O)CCl)c2n1. The lowest BCUT2D eigenvalue weighted by Crippen LogP contribution is -2.17. The molecule has 3 aromatic rings. The minimum atomic E-state index is -0.695. The van der Waals surface area contributed by atoms with Gasteiger partial charge in [-0.2, -0.15) is 9.97 Å². The van der Waals surface area contributed by atoms with Gasteiger partial charge in [-0.1, -0.05) is 30.3 Å². The number of alkyl halides is 1. The summed E-state index contributed by atoms with van der Waals surface area (Å²) in [5, 5.41) is 9.69. The van der Waals surface area contributed by atoms with Gasteiger partial charge in [-0.05, 0) is 5.56 Å². The molecule has 1 atom stereocenters. The largest absolute Gasteiger partial charge is 0.471 e. The number of nitrogen functional groups attached to an aromatic ring is 1. The van der Waals surface area contributed by atoms with Gasteiger partial charge in [0.1, 0.15) is 6.61 Å². The van der Waals surface area contributed by atoms with E-state index in [0.29, 0.717) is 23.7 Å². The highest BCUT2D eigenvalue weighted by atomic mass is 35.5. The van der Waals surface area contributed by atoms with Gasteiger partial charge >= 0.3 is 0 Å². The van der Waals surface area contributed by atoms with Gasteiger partial charge in [0, 0.05) is 0 Å². The standard InChI is InChI=1S/C15H16ClN5O2/c16-6-11(22)7-21-9-18-12-13(21)19-15(17)20-14(12)23-8-10-4-2-1-3-5-10/h1-5,9,11,22H,6-8H2,(H2,17,19,20). The van der Waals surface area contributed by atoms with E-state index >= 15 is 0 Å². The predicted molar refractivity (Wildman–Crippen MR) is 87.2 cm³/mol. The smallest absolute Gasteiger partial charge is 0.247 e. The average molecular weight is 334 g/mol. The zero-order valence-corrected chi connectivity index (χ0v) is 13.0. The van der Waals surface area contributed by atoms with Crippen LogP contribution < -0.4 is 10.5 Å². The Morgan fingerprint density at radius 2 is 2.04 bits per heavy atom. The molecule has 3 N–H and O–H groups in total. The first-order chi connectivity index (χ1) is 11.2. The Morgan fingerprint density at radius 3 is 2.78 bits per heavy atom. The Bertz CT molecular complexity index is 793. The summed E-state index contributed by atoms with van der Waals surface area (Å²) in [4.78, 5) is 12.5. The third-order valence-corrected chi connectivity index (χ3v) is 3.61. The molecule has 0 aliphatic carbocycles. The number of anilines is 1. The van der Waals surface area contributed by atoms with Crippen LogP contribution in [0.15, 0.2) is 36.7 Å². The fourth-order valence-electron chi connectivity index (χ4n) is 2.17. The minimum Gasteiger partial charge on any atom is -0.471 e. The van der Waals surface area contributed by atoms with Crippen molar-refractivity contribution in [3.63, 3.8) is 0 Å². The van der Waals surface area contributed by atoms with E-state index in [9.17, 15) is 5.11 Å². The molecule has 0 aliphatic heterocycles. The maximum absolute atomic E-state index is 9.69. The van der Waals surface area contributed by atoms with Crippen molar-refractivity contribution in [2.45, 2.75) is 19.3 Å². The van der Waals surface area contributed by atoms with Gasteiger partial charge in [0.2, 0.25) is 11.8 Å². The van der Waals surface area contributed by atoms with E-state index in [1.54, 1.807) is 10.9 Å². The van der Waals surface area contributed by atoms with E-state index < -0.39 is 6.10 Å². The molecule has 0 fully saturated rings. The number of aliphatic hydroxyl groups excluding tert-OH is 1. The highest BCUT2D eigenvalue weighted by Crippen LogP contribution is 2.23. The monoisotopic (exact) mass is 333 g/mol. The number of benzene rings is 1. The summed E-state index contributed by atoms with van der Waals surface area (Å²) in [7, 11) is 0. The molecule has 3 rings (SSSR count). The van der Waals surface area contributed by atoms with Crippen LogP contribution in [0.4, 0.5) is 5.95 Å². The molecule has 0 bridgehead atoms. The third kappa shape index (κ3) is 3.52. The first-order valence-corrected chi connectivity index (χ1v) is 7.60. The molecule has 2 aromatic heterocycles. The van der Waals surface area contributed by atoms with E-state index in [2.05, 4.69) is 15.0 Å². The maximum Gasteiger partial charge on any atom is 0.247 e. The molecule has 120 valence electrons.